The van der Waals surface area contributed by atoms with E-state index in [2.05, 4.69) is 0 Å². The quantitative estimate of drug-likeness (QED) is 0.840. The molecule has 2 rings (SSSR count). The van der Waals surface area contributed by atoms with Gasteiger partial charge in [-0.25, -0.2) is 0 Å². The van der Waals surface area contributed by atoms with Crippen LogP contribution in [0.15, 0.2) is 41.3 Å². The van der Waals surface area contributed by atoms with Gasteiger partial charge in [0.1, 0.15) is 0 Å². The van der Waals surface area contributed by atoms with E-state index in [1.165, 1.54) is 0 Å². The van der Waals surface area contributed by atoms with Gasteiger partial charge in [-0.1, -0.05) is 30.4 Å². The fourth-order valence-corrected chi connectivity index (χ4v) is 1.97. The molecule has 0 aliphatic heterocycles. The molecule has 4 heteroatoms. The van der Waals surface area contributed by atoms with Crippen LogP contribution in [0.5, 0.6) is 0 Å². The number of rotatable bonds is 4. The minimum Gasteiger partial charge on any atom is -0.393 e. The van der Waals surface area contributed by atoms with Crippen molar-refractivity contribution >= 4 is 28.0 Å². The van der Waals surface area contributed by atoms with Crippen LogP contribution < -0.4 is 11.3 Å². The van der Waals surface area contributed by atoms with Gasteiger partial charge in [-0.3, -0.25) is 4.79 Å². The van der Waals surface area contributed by atoms with Gasteiger partial charge in [0.15, 0.2) is 0 Å². The number of nitrogens with zero attached hydrogens (tertiary/aromatic N) is 1. The fourth-order valence-electron chi connectivity index (χ4n) is 1.83. The van der Waals surface area contributed by atoms with E-state index in [0.29, 0.717) is 18.0 Å². The molecule has 1 aromatic carbocycles. The predicted octanol–water partition coefficient (Wildman–Crippen LogP) is 2.07. The second-order valence-electron chi connectivity index (χ2n) is 3.97. The zero-order valence-electron chi connectivity index (χ0n) is 9.43. The van der Waals surface area contributed by atoms with Crippen molar-refractivity contribution in [2.45, 2.75) is 19.4 Å². The number of thiocarbonyl (C=S) groups is 1. The molecule has 0 radical (unpaired) electrons. The first-order chi connectivity index (χ1) is 8.18. The fraction of sp³-hybridized carbons (Fsp3) is 0.231. The lowest BCUT2D eigenvalue weighted by Gasteiger charge is -2.06. The van der Waals surface area contributed by atoms with Crippen LogP contribution in [0.25, 0.3) is 10.8 Å². The number of pyridine rings is 1. The molecule has 0 saturated carbocycles. The van der Waals surface area contributed by atoms with E-state index in [9.17, 15) is 4.79 Å². The summed E-state index contributed by atoms with van der Waals surface area (Å²) in [7, 11) is 0. The molecule has 2 N–H and O–H groups in total. The second kappa shape index (κ2) is 5.10. The minimum atomic E-state index is 0.0473. The summed E-state index contributed by atoms with van der Waals surface area (Å²) in [4.78, 5) is 12.6. The Morgan fingerprint density at radius 3 is 2.82 bits per heavy atom. The highest BCUT2D eigenvalue weighted by Gasteiger charge is 2.01. The van der Waals surface area contributed by atoms with Gasteiger partial charge in [0.2, 0.25) is 0 Å². The lowest BCUT2D eigenvalue weighted by atomic mass is 10.2. The first-order valence-electron chi connectivity index (χ1n) is 5.55. The van der Waals surface area contributed by atoms with Crippen LogP contribution in [0.1, 0.15) is 12.8 Å². The Morgan fingerprint density at radius 2 is 2.06 bits per heavy atom. The van der Waals surface area contributed by atoms with Crippen molar-refractivity contribution in [1.29, 1.82) is 0 Å². The normalized spacial score (nSPS) is 10.6. The summed E-state index contributed by atoms with van der Waals surface area (Å²) < 4.78 is 1.71. The van der Waals surface area contributed by atoms with E-state index in [0.717, 1.165) is 17.2 Å². The topological polar surface area (TPSA) is 48.0 Å². The third-order valence-corrected chi connectivity index (χ3v) is 2.91. The van der Waals surface area contributed by atoms with Gasteiger partial charge in [0.05, 0.1) is 4.99 Å². The van der Waals surface area contributed by atoms with Gasteiger partial charge >= 0.3 is 0 Å². The highest BCUT2D eigenvalue weighted by Crippen LogP contribution is 2.08. The van der Waals surface area contributed by atoms with Crippen LogP contribution in [-0.2, 0) is 6.54 Å². The van der Waals surface area contributed by atoms with E-state index < -0.39 is 0 Å². The molecule has 17 heavy (non-hydrogen) atoms. The molecule has 2 aromatic rings. The number of nitrogens with two attached hydrogens (primary N) is 1. The van der Waals surface area contributed by atoms with Crippen LogP contribution in [0.4, 0.5) is 0 Å². The Kier molecular flexibility index (Phi) is 3.54. The summed E-state index contributed by atoms with van der Waals surface area (Å²) in [5.74, 6) is 0. The first-order valence-corrected chi connectivity index (χ1v) is 5.96. The first kappa shape index (κ1) is 11.8. The van der Waals surface area contributed by atoms with Gasteiger partial charge < -0.3 is 10.3 Å². The standard InChI is InChI=1S/C13H14N2OS/c14-12(17)6-3-8-15-9-7-10-4-1-2-5-11(10)13(15)16/h1-2,4-5,7,9H,3,6,8H2,(H2,14,17). The van der Waals surface area contributed by atoms with Gasteiger partial charge in [-0.05, 0) is 30.4 Å². The van der Waals surface area contributed by atoms with Crippen LogP contribution >= 0.6 is 12.2 Å². The Morgan fingerprint density at radius 1 is 1.29 bits per heavy atom. The smallest absolute Gasteiger partial charge is 0.258 e. The molecule has 0 amide bonds. The average Bonchev–Trinajstić information content (AvgIpc) is 2.32. The zero-order chi connectivity index (χ0) is 12.3. The Hall–Kier alpha value is -1.68. The number of aromatic nitrogens is 1. The van der Waals surface area contributed by atoms with E-state index in [1.54, 1.807) is 4.57 Å². The van der Waals surface area contributed by atoms with E-state index in [-0.39, 0.29) is 5.56 Å². The van der Waals surface area contributed by atoms with Gasteiger partial charge in [0, 0.05) is 18.1 Å². The highest BCUT2D eigenvalue weighted by atomic mass is 32.1. The third kappa shape index (κ3) is 2.71. The molecular formula is C13H14N2OS. The molecule has 1 heterocycles. The SMILES string of the molecule is NC(=S)CCCn1ccc2ccccc2c1=O. The lowest BCUT2D eigenvalue weighted by Crippen LogP contribution is -2.20. The van der Waals surface area contributed by atoms with Crippen LogP contribution in [0, 0.1) is 0 Å². The lowest BCUT2D eigenvalue weighted by molar-refractivity contribution is 0.642. The maximum atomic E-state index is 12.1. The highest BCUT2D eigenvalue weighted by molar-refractivity contribution is 7.80. The maximum Gasteiger partial charge on any atom is 0.258 e. The van der Waals surface area contributed by atoms with Crippen molar-refractivity contribution in [3.8, 4) is 0 Å². The Balaban J connectivity index is 2.27. The van der Waals surface area contributed by atoms with E-state index >= 15 is 0 Å². The van der Waals surface area contributed by atoms with Gasteiger partial charge in [0.25, 0.3) is 5.56 Å². The predicted molar refractivity (Wildman–Crippen MR) is 74.2 cm³/mol. The third-order valence-electron chi connectivity index (χ3n) is 2.71. The molecule has 0 bridgehead atoms. The molecule has 3 nitrogen and oxygen atoms in total. The summed E-state index contributed by atoms with van der Waals surface area (Å²) in [6.45, 7) is 0.654. The molecule has 0 aliphatic rings. The summed E-state index contributed by atoms with van der Waals surface area (Å²) in [6.07, 6.45) is 3.30. The number of fused-ring (bicyclic) bond motifs is 1. The van der Waals surface area contributed by atoms with Crippen molar-refractivity contribution < 1.29 is 0 Å². The van der Waals surface area contributed by atoms with Crippen LogP contribution in [0.2, 0.25) is 0 Å². The summed E-state index contributed by atoms with van der Waals surface area (Å²) in [6, 6.07) is 9.55. The van der Waals surface area contributed by atoms with Crippen LogP contribution in [0.3, 0.4) is 0 Å². The van der Waals surface area contributed by atoms with E-state index in [1.807, 2.05) is 36.5 Å². The molecule has 0 aliphatic carbocycles. The van der Waals surface area contributed by atoms with Crippen molar-refractivity contribution in [1.82, 2.24) is 4.57 Å². The van der Waals surface area contributed by atoms with E-state index in [4.69, 9.17) is 18.0 Å². The number of benzene rings is 1. The maximum absolute atomic E-state index is 12.1. The molecule has 1 aromatic heterocycles. The number of hydrogen-bond acceptors (Lipinski definition) is 2. The minimum absolute atomic E-state index is 0.0473. The molecule has 0 fully saturated rings. The summed E-state index contributed by atoms with van der Waals surface area (Å²) in [5, 5.41) is 1.73. The molecule has 0 saturated heterocycles. The Labute approximate surface area is 105 Å². The molecule has 0 spiro atoms. The van der Waals surface area contributed by atoms with Crippen molar-refractivity contribution in [2.24, 2.45) is 5.73 Å². The van der Waals surface area contributed by atoms with Crippen LogP contribution in [-0.4, -0.2) is 9.56 Å². The van der Waals surface area contributed by atoms with Crippen molar-refractivity contribution in [3.05, 3.63) is 46.9 Å². The Bertz CT molecular complexity index is 604. The molecule has 88 valence electrons. The monoisotopic (exact) mass is 246 g/mol. The van der Waals surface area contributed by atoms with Crippen molar-refractivity contribution in [3.63, 3.8) is 0 Å². The van der Waals surface area contributed by atoms with Gasteiger partial charge in [-0.2, -0.15) is 0 Å². The molecule has 0 atom stereocenters. The second-order valence-corrected chi connectivity index (χ2v) is 4.50. The van der Waals surface area contributed by atoms with Crippen molar-refractivity contribution in [2.75, 3.05) is 0 Å². The number of hydrogen-bond donors (Lipinski definition) is 1. The molecule has 0 unspecified atom stereocenters. The summed E-state index contributed by atoms with van der Waals surface area (Å²) in [5.41, 5.74) is 5.48. The molecular weight excluding hydrogens is 232 g/mol. The van der Waals surface area contributed by atoms with Gasteiger partial charge in [-0.15, -0.1) is 0 Å². The number of aryl methyl sites for hydroxylation is 1. The summed E-state index contributed by atoms with van der Waals surface area (Å²) >= 11 is 4.81. The average molecular weight is 246 g/mol. The largest absolute Gasteiger partial charge is 0.393 e. The zero-order valence-corrected chi connectivity index (χ0v) is 10.2.